The summed E-state index contributed by atoms with van der Waals surface area (Å²) in [4.78, 5) is 28.9. The van der Waals surface area contributed by atoms with Crippen molar-refractivity contribution in [1.82, 2.24) is 10.2 Å². The molecule has 0 radical (unpaired) electrons. The molecule has 3 aromatic rings. The fourth-order valence-electron chi connectivity index (χ4n) is 4.37. The first-order valence-corrected chi connectivity index (χ1v) is 15.5. The second-order valence-electron chi connectivity index (χ2n) is 10.8. The van der Waals surface area contributed by atoms with Crippen LogP contribution in [-0.4, -0.2) is 50.5 Å². The number of hydrogen-bond donors (Lipinski definition) is 1. The third kappa shape index (κ3) is 8.57. The van der Waals surface area contributed by atoms with E-state index >= 15 is 0 Å². The average Bonchev–Trinajstić information content (AvgIpc) is 2.90. The molecule has 0 fully saturated rings. The molecule has 9 heteroatoms. The number of carbonyl (C=O) groups is 2. The van der Waals surface area contributed by atoms with Crippen molar-refractivity contribution in [1.29, 1.82) is 0 Å². The van der Waals surface area contributed by atoms with Gasteiger partial charge in [-0.15, -0.1) is 0 Å². The van der Waals surface area contributed by atoms with E-state index < -0.39 is 28.5 Å². The molecule has 0 aliphatic heterocycles. The lowest BCUT2D eigenvalue weighted by Gasteiger charge is -2.33. The van der Waals surface area contributed by atoms with Crippen molar-refractivity contribution >= 4 is 39.1 Å². The number of hydrogen-bond acceptors (Lipinski definition) is 4. The maximum Gasteiger partial charge on any atom is 0.244 e. The summed E-state index contributed by atoms with van der Waals surface area (Å²) in [6.07, 6.45) is 1.35. The molecule has 0 unspecified atom stereocenters. The maximum atomic E-state index is 14.0. The molecular formula is C31H38ClN3O4S. The summed E-state index contributed by atoms with van der Waals surface area (Å²) in [6.45, 7) is 8.07. The predicted molar refractivity (Wildman–Crippen MR) is 162 cm³/mol. The Morgan fingerprint density at radius 3 is 2.02 bits per heavy atom. The summed E-state index contributed by atoms with van der Waals surface area (Å²) in [7, 11) is -3.82. The fourth-order valence-corrected chi connectivity index (χ4v) is 5.35. The van der Waals surface area contributed by atoms with Crippen molar-refractivity contribution < 1.29 is 18.0 Å². The summed E-state index contributed by atoms with van der Waals surface area (Å²) in [5, 5.41) is 3.40. The summed E-state index contributed by atoms with van der Waals surface area (Å²) < 4.78 is 26.9. The molecule has 7 nitrogen and oxygen atoms in total. The van der Waals surface area contributed by atoms with Gasteiger partial charge in [-0.25, -0.2) is 8.42 Å². The van der Waals surface area contributed by atoms with E-state index in [0.29, 0.717) is 17.3 Å². The Morgan fingerprint density at radius 1 is 0.900 bits per heavy atom. The van der Waals surface area contributed by atoms with Gasteiger partial charge in [0.15, 0.2) is 0 Å². The maximum absolute atomic E-state index is 14.0. The van der Waals surface area contributed by atoms with Crippen LogP contribution in [0, 0.1) is 0 Å². The summed E-state index contributed by atoms with van der Waals surface area (Å²) >= 11 is 6.08. The number of halogens is 1. The third-order valence-corrected chi connectivity index (χ3v) is 7.98. The number of nitrogens with one attached hydrogen (secondary N) is 1. The van der Waals surface area contributed by atoms with Gasteiger partial charge in [0, 0.05) is 24.5 Å². The van der Waals surface area contributed by atoms with E-state index in [1.54, 1.807) is 36.4 Å². The Morgan fingerprint density at radius 2 is 1.50 bits per heavy atom. The summed E-state index contributed by atoms with van der Waals surface area (Å²) in [5.74, 6) is -0.804. The van der Waals surface area contributed by atoms with Gasteiger partial charge in [0.25, 0.3) is 0 Å². The Labute approximate surface area is 243 Å². The number of carbonyl (C=O) groups excluding carboxylic acids is 2. The Balaban J connectivity index is 2.02. The Bertz CT molecular complexity index is 1390. The zero-order valence-corrected chi connectivity index (χ0v) is 25.3. The molecule has 1 atom stereocenters. The van der Waals surface area contributed by atoms with Gasteiger partial charge in [-0.05, 0) is 53.3 Å². The molecule has 1 N–H and O–H groups in total. The minimum Gasteiger partial charge on any atom is -0.355 e. The summed E-state index contributed by atoms with van der Waals surface area (Å²) in [6, 6.07) is 22.8. The molecule has 0 heterocycles. The molecule has 214 valence electrons. The highest BCUT2D eigenvalue weighted by Crippen LogP contribution is 2.26. The molecule has 0 bridgehead atoms. The van der Waals surface area contributed by atoms with Crippen LogP contribution in [0.1, 0.15) is 44.4 Å². The van der Waals surface area contributed by atoms with Gasteiger partial charge >= 0.3 is 0 Å². The van der Waals surface area contributed by atoms with Gasteiger partial charge in [0.2, 0.25) is 21.8 Å². The van der Waals surface area contributed by atoms with Crippen LogP contribution in [0.2, 0.25) is 5.02 Å². The zero-order chi connectivity index (χ0) is 29.5. The molecule has 0 saturated carbocycles. The monoisotopic (exact) mass is 583 g/mol. The van der Waals surface area contributed by atoms with Gasteiger partial charge in [0.05, 0.1) is 11.9 Å². The lowest BCUT2D eigenvalue weighted by Crippen LogP contribution is -2.53. The molecule has 3 rings (SSSR count). The fraction of sp³-hybridized carbons (Fsp3) is 0.355. The molecule has 3 aromatic carbocycles. The van der Waals surface area contributed by atoms with Crippen molar-refractivity contribution in [2.75, 3.05) is 23.7 Å². The first kappa shape index (κ1) is 31.2. The molecule has 0 aliphatic rings. The minimum atomic E-state index is -3.82. The number of likely N-dealkylation sites (N-methyl/N-ethyl adjacent to an activating group) is 1. The Kier molecular flexibility index (Phi) is 10.4. The van der Waals surface area contributed by atoms with Crippen LogP contribution in [0.4, 0.5) is 5.69 Å². The average molecular weight is 584 g/mol. The van der Waals surface area contributed by atoms with Crippen LogP contribution in [0.5, 0.6) is 0 Å². The normalized spacial score (nSPS) is 12.4. The van der Waals surface area contributed by atoms with Crippen molar-refractivity contribution in [3.05, 3.63) is 101 Å². The molecular weight excluding hydrogens is 546 g/mol. The van der Waals surface area contributed by atoms with Crippen LogP contribution in [0.3, 0.4) is 0 Å². The van der Waals surface area contributed by atoms with Crippen LogP contribution >= 0.6 is 11.6 Å². The highest BCUT2D eigenvalue weighted by molar-refractivity contribution is 7.92. The lowest BCUT2D eigenvalue weighted by atomic mass is 9.87. The molecule has 0 spiro atoms. The van der Waals surface area contributed by atoms with E-state index in [4.69, 9.17) is 11.6 Å². The van der Waals surface area contributed by atoms with E-state index in [2.05, 4.69) is 26.1 Å². The van der Waals surface area contributed by atoms with Crippen molar-refractivity contribution in [2.24, 2.45) is 0 Å². The molecule has 40 heavy (non-hydrogen) atoms. The van der Waals surface area contributed by atoms with E-state index in [0.717, 1.165) is 27.3 Å². The van der Waals surface area contributed by atoms with Crippen molar-refractivity contribution in [3.63, 3.8) is 0 Å². The third-order valence-electron chi connectivity index (χ3n) is 6.59. The molecule has 0 aliphatic carbocycles. The number of benzene rings is 3. The second kappa shape index (κ2) is 13.3. The molecule has 0 aromatic heterocycles. The van der Waals surface area contributed by atoms with Crippen molar-refractivity contribution in [2.45, 2.75) is 52.1 Å². The van der Waals surface area contributed by atoms with Gasteiger partial charge in [-0.3, -0.25) is 13.9 Å². The number of nitrogens with zero attached hydrogens (tertiary/aromatic N) is 2. The SMILES string of the molecule is CCNC(=O)[C@@H](Cc1ccccc1)N(Cc1ccc(Cl)cc1)C(=O)CN(c1ccc(C(C)(C)C)cc1)S(C)(=O)=O. The second-order valence-corrected chi connectivity index (χ2v) is 13.2. The van der Waals surface area contributed by atoms with Crippen LogP contribution in [-0.2, 0) is 38.0 Å². The van der Waals surface area contributed by atoms with Crippen LogP contribution in [0.25, 0.3) is 0 Å². The van der Waals surface area contributed by atoms with E-state index in [1.165, 1.54) is 4.90 Å². The van der Waals surface area contributed by atoms with Crippen molar-refractivity contribution in [3.8, 4) is 0 Å². The largest absolute Gasteiger partial charge is 0.355 e. The summed E-state index contributed by atoms with van der Waals surface area (Å²) in [5.41, 5.74) is 2.95. The van der Waals surface area contributed by atoms with E-state index in [-0.39, 0.29) is 24.3 Å². The Hall–Kier alpha value is -3.36. The smallest absolute Gasteiger partial charge is 0.244 e. The van der Waals surface area contributed by atoms with Crippen LogP contribution < -0.4 is 9.62 Å². The predicted octanol–water partition coefficient (Wildman–Crippen LogP) is 5.18. The quantitative estimate of drug-likeness (QED) is 0.337. The first-order chi connectivity index (χ1) is 18.8. The van der Waals surface area contributed by atoms with E-state index in [1.807, 2.05) is 49.4 Å². The number of amides is 2. The van der Waals surface area contributed by atoms with Gasteiger partial charge in [-0.2, -0.15) is 0 Å². The van der Waals surface area contributed by atoms with Gasteiger partial charge < -0.3 is 10.2 Å². The zero-order valence-electron chi connectivity index (χ0n) is 23.7. The lowest BCUT2D eigenvalue weighted by molar-refractivity contribution is -0.140. The first-order valence-electron chi connectivity index (χ1n) is 13.2. The van der Waals surface area contributed by atoms with Gasteiger partial charge in [0.1, 0.15) is 12.6 Å². The highest BCUT2D eigenvalue weighted by Gasteiger charge is 2.33. The minimum absolute atomic E-state index is 0.102. The highest BCUT2D eigenvalue weighted by atomic mass is 35.5. The number of anilines is 1. The van der Waals surface area contributed by atoms with Gasteiger partial charge in [-0.1, -0.05) is 87.0 Å². The van der Waals surface area contributed by atoms with Crippen LogP contribution in [0.15, 0.2) is 78.9 Å². The molecule has 2 amide bonds. The standard InChI is InChI=1S/C31H38ClN3O4S/c1-6-33-30(37)28(20-23-10-8-7-9-11-23)34(21-24-12-16-26(32)17-13-24)29(36)22-35(40(5,38)39)27-18-14-25(15-19-27)31(2,3)4/h7-19,28H,6,20-22H2,1-5H3,(H,33,37)/t28-/m1/s1. The number of rotatable bonds is 11. The molecule has 0 saturated heterocycles. The number of sulfonamides is 1. The topological polar surface area (TPSA) is 86.8 Å². The van der Waals surface area contributed by atoms with E-state index in [9.17, 15) is 18.0 Å².